The normalized spacial score (nSPS) is 31.4. The second-order valence-corrected chi connectivity index (χ2v) is 6.11. The molecule has 0 saturated heterocycles. The molecule has 1 saturated carbocycles. The van der Waals surface area contributed by atoms with Crippen LogP contribution < -0.4 is 0 Å². The average molecular weight is 240 g/mol. The van der Waals surface area contributed by atoms with Gasteiger partial charge in [0.2, 0.25) is 0 Å². The molecule has 17 heavy (non-hydrogen) atoms. The van der Waals surface area contributed by atoms with Crippen molar-refractivity contribution in [2.45, 2.75) is 96.5 Å². The fraction of sp³-hybridized carbons (Fsp3) is 1.00. The van der Waals surface area contributed by atoms with Gasteiger partial charge >= 0.3 is 0 Å². The lowest BCUT2D eigenvalue weighted by Gasteiger charge is -2.16. The maximum atomic E-state index is 9.94. The first-order valence-corrected chi connectivity index (χ1v) is 7.97. The van der Waals surface area contributed by atoms with Gasteiger partial charge in [-0.2, -0.15) is 0 Å². The molecule has 0 spiro atoms. The summed E-state index contributed by atoms with van der Waals surface area (Å²) in [7, 11) is 0. The summed E-state index contributed by atoms with van der Waals surface area (Å²) in [6.07, 6.45) is 17.2. The van der Waals surface area contributed by atoms with E-state index >= 15 is 0 Å². The van der Waals surface area contributed by atoms with Crippen molar-refractivity contribution in [3.8, 4) is 0 Å². The first-order chi connectivity index (χ1) is 8.29. The molecule has 0 radical (unpaired) electrons. The number of aliphatic hydroxyl groups excluding tert-OH is 1. The third-order valence-electron chi connectivity index (χ3n) is 4.16. The summed E-state index contributed by atoms with van der Waals surface area (Å²) < 4.78 is 0. The van der Waals surface area contributed by atoms with Gasteiger partial charge in [-0.3, -0.25) is 0 Å². The van der Waals surface area contributed by atoms with Crippen LogP contribution in [-0.2, 0) is 0 Å². The van der Waals surface area contributed by atoms with Crippen molar-refractivity contribution in [3.05, 3.63) is 0 Å². The molecule has 0 heterocycles. The molecule has 0 unspecified atom stereocenters. The van der Waals surface area contributed by atoms with Gasteiger partial charge in [0.15, 0.2) is 0 Å². The largest absolute Gasteiger partial charge is 0.393 e. The Labute approximate surface area is 108 Å². The van der Waals surface area contributed by atoms with E-state index in [0.717, 1.165) is 18.8 Å². The Bertz CT molecular complexity index is 149. The van der Waals surface area contributed by atoms with Crippen LogP contribution in [0.15, 0.2) is 0 Å². The zero-order valence-corrected chi connectivity index (χ0v) is 11.8. The Morgan fingerprint density at radius 3 is 1.59 bits per heavy atom. The number of rotatable bonds is 0. The lowest BCUT2D eigenvalue weighted by atomic mass is 9.94. The lowest BCUT2D eigenvalue weighted by molar-refractivity contribution is 0.130. The lowest BCUT2D eigenvalue weighted by Crippen LogP contribution is -2.11. The van der Waals surface area contributed by atoms with Gasteiger partial charge in [0.05, 0.1) is 6.10 Å². The van der Waals surface area contributed by atoms with Gasteiger partial charge in [-0.1, -0.05) is 77.6 Å². The molecule has 0 aromatic carbocycles. The summed E-state index contributed by atoms with van der Waals surface area (Å²) in [4.78, 5) is 0. The third kappa shape index (κ3) is 8.65. The van der Waals surface area contributed by atoms with Crippen molar-refractivity contribution in [1.82, 2.24) is 0 Å². The van der Waals surface area contributed by atoms with Gasteiger partial charge in [0, 0.05) is 0 Å². The minimum atomic E-state index is -0.0323. The van der Waals surface area contributed by atoms with Crippen LogP contribution in [0.5, 0.6) is 0 Å². The molecule has 0 aromatic rings. The molecule has 1 aliphatic carbocycles. The maximum Gasteiger partial charge on any atom is 0.0542 e. The molecule has 0 bridgehead atoms. The molecule has 1 aliphatic rings. The number of hydrogen-bond donors (Lipinski definition) is 1. The molecule has 1 heteroatoms. The number of hydrogen-bond acceptors (Lipinski definition) is 1. The molecule has 0 amide bonds. The molecule has 0 aromatic heterocycles. The maximum absolute atomic E-state index is 9.94. The Morgan fingerprint density at radius 2 is 1.06 bits per heavy atom. The van der Waals surface area contributed by atoms with E-state index in [1.54, 1.807) is 0 Å². The Morgan fingerprint density at radius 1 is 0.647 bits per heavy atom. The van der Waals surface area contributed by atoms with E-state index in [1.165, 1.54) is 70.6 Å². The summed E-state index contributed by atoms with van der Waals surface area (Å²) in [5.74, 6) is 0.718. The summed E-state index contributed by atoms with van der Waals surface area (Å²) >= 11 is 0. The fourth-order valence-corrected chi connectivity index (χ4v) is 2.99. The summed E-state index contributed by atoms with van der Waals surface area (Å²) in [5.41, 5.74) is 0. The van der Waals surface area contributed by atoms with E-state index in [4.69, 9.17) is 0 Å². The molecule has 2 atom stereocenters. The Kier molecular flexibility index (Phi) is 8.78. The predicted octanol–water partition coefficient (Wildman–Crippen LogP) is 5.07. The van der Waals surface area contributed by atoms with Gasteiger partial charge in [0.1, 0.15) is 0 Å². The molecule has 102 valence electrons. The van der Waals surface area contributed by atoms with Crippen molar-refractivity contribution in [3.63, 3.8) is 0 Å². The van der Waals surface area contributed by atoms with Crippen molar-refractivity contribution in [1.29, 1.82) is 0 Å². The van der Waals surface area contributed by atoms with Crippen LogP contribution in [0.3, 0.4) is 0 Å². The number of aliphatic hydroxyl groups is 1. The molecule has 1 nitrogen and oxygen atoms in total. The quantitative estimate of drug-likeness (QED) is 0.627. The Hall–Kier alpha value is -0.0400. The SMILES string of the molecule is C[C@H]1CCCCCCCCCCCC[C@@H](O)C1. The highest BCUT2D eigenvalue weighted by molar-refractivity contribution is 4.63. The summed E-state index contributed by atoms with van der Waals surface area (Å²) in [6, 6.07) is 0. The van der Waals surface area contributed by atoms with Crippen LogP contribution in [-0.4, -0.2) is 11.2 Å². The zero-order valence-electron chi connectivity index (χ0n) is 11.8. The molecular weight excluding hydrogens is 208 g/mol. The van der Waals surface area contributed by atoms with Gasteiger partial charge in [-0.05, 0) is 18.8 Å². The van der Waals surface area contributed by atoms with Crippen LogP contribution in [0.4, 0.5) is 0 Å². The van der Waals surface area contributed by atoms with Crippen molar-refractivity contribution in [2.24, 2.45) is 5.92 Å². The Balaban J connectivity index is 2.21. The highest BCUT2D eigenvalue weighted by atomic mass is 16.3. The van der Waals surface area contributed by atoms with E-state index in [0.29, 0.717) is 0 Å². The zero-order chi connectivity index (χ0) is 12.3. The molecule has 0 aliphatic heterocycles. The van der Waals surface area contributed by atoms with E-state index in [2.05, 4.69) is 6.92 Å². The first kappa shape index (κ1) is 15.0. The van der Waals surface area contributed by atoms with Gasteiger partial charge in [0.25, 0.3) is 0 Å². The van der Waals surface area contributed by atoms with E-state index in [9.17, 15) is 5.11 Å². The highest BCUT2D eigenvalue weighted by Gasteiger charge is 2.10. The fourth-order valence-electron chi connectivity index (χ4n) is 2.99. The minimum Gasteiger partial charge on any atom is -0.393 e. The molecule has 1 N–H and O–H groups in total. The first-order valence-electron chi connectivity index (χ1n) is 7.97. The van der Waals surface area contributed by atoms with Crippen molar-refractivity contribution >= 4 is 0 Å². The average Bonchev–Trinajstić information content (AvgIpc) is 2.30. The van der Waals surface area contributed by atoms with Gasteiger partial charge in [-0.25, -0.2) is 0 Å². The van der Waals surface area contributed by atoms with Crippen LogP contribution >= 0.6 is 0 Å². The summed E-state index contributed by atoms with van der Waals surface area (Å²) in [5, 5.41) is 9.94. The van der Waals surface area contributed by atoms with E-state index < -0.39 is 0 Å². The van der Waals surface area contributed by atoms with Crippen molar-refractivity contribution in [2.75, 3.05) is 0 Å². The van der Waals surface area contributed by atoms with Crippen LogP contribution in [0, 0.1) is 5.92 Å². The van der Waals surface area contributed by atoms with Gasteiger partial charge in [-0.15, -0.1) is 0 Å². The van der Waals surface area contributed by atoms with E-state index in [-0.39, 0.29) is 6.10 Å². The monoisotopic (exact) mass is 240 g/mol. The molecule has 1 rings (SSSR count). The smallest absolute Gasteiger partial charge is 0.0542 e. The predicted molar refractivity (Wildman–Crippen MR) is 75.2 cm³/mol. The topological polar surface area (TPSA) is 20.2 Å². The molecular formula is C16H32O. The van der Waals surface area contributed by atoms with Crippen LogP contribution in [0.25, 0.3) is 0 Å². The van der Waals surface area contributed by atoms with Crippen LogP contribution in [0.2, 0.25) is 0 Å². The standard InChI is InChI=1S/C16H32O/c1-15-12-10-8-6-4-2-3-5-7-9-11-13-16(17)14-15/h15-17H,2-14H2,1H3/t15-,16+/m0/s1. The van der Waals surface area contributed by atoms with Gasteiger partial charge < -0.3 is 5.11 Å². The third-order valence-corrected chi connectivity index (χ3v) is 4.16. The van der Waals surface area contributed by atoms with E-state index in [1.807, 2.05) is 0 Å². The summed E-state index contributed by atoms with van der Waals surface area (Å²) in [6.45, 7) is 2.31. The van der Waals surface area contributed by atoms with Crippen molar-refractivity contribution < 1.29 is 5.11 Å². The minimum absolute atomic E-state index is 0.0323. The highest BCUT2D eigenvalue weighted by Crippen LogP contribution is 2.20. The van der Waals surface area contributed by atoms with Crippen LogP contribution in [0.1, 0.15) is 90.4 Å². The molecule has 1 fully saturated rings. The second-order valence-electron chi connectivity index (χ2n) is 6.11. The second kappa shape index (κ2) is 9.94.